The summed E-state index contributed by atoms with van der Waals surface area (Å²) < 4.78 is 10.7. The lowest BCUT2D eigenvalue weighted by Gasteiger charge is -2.33. The first-order valence-corrected chi connectivity index (χ1v) is 9.93. The van der Waals surface area contributed by atoms with Gasteiger partial charge in [0.2, 0.25) is 11.8 Å². The molecule has 0 saturated carbocycles. The SMILES string of the molecule is CCOC(=O)C1=CC[C@H](c2ccccc2)[C@@]12C(=O)N(C(C)=O)c1ccc(OC)cc12. The third-order valence-corrected chi connectivity index (χ3v) is 5.93. The summed E-state index contributed by atoms with van der Waals surface area (Å²) in [4.78, 5) is 40.6. The number of carbonyl (C=O) groups is 3. The first-order valence-electron chi connectivity index (χ1n) is 9.93. The lowest BCUT2D eigenvalue weighted by Crippen LogP contribution is -2.47. The molecule has 30 heavy (non-hydrogen) atoms. The molecule has 1 heterocycles. The maximum absolute atomic E-state index is 13.9. The van der Waals surface area contributed by atoms with Crippen molar-refractivity contribution < 1.29 is 23.9 Å². The molecular formula is C24H23NO5. The van der Waals surface area contributed by atoms with Crippen LogP contribution in [0.25, 0.3) is 0 Å². The summed E-state index contributed by atoms with van der Waals surface area (Å²) in [6, 6.07) is 14.8. The summed E-state index contributed by atoms with van der Waals surface area (Å²) in [6.07, 6.45) is 2.26. The lowest BCUT2D eigenvalue weighted by molar-refractivity contribution is -0.141. The number of amides is 2. The van der Waals surface area contributed by atoms with Crippen LogP contribution in [0.15, 0.2) is 60.2 Å². The van der Waals surface area contributed by atoms with Crippen molar-refractivity contribution in [3.63, 3.8) is 0 Å². The Kier molecular flexibility index (Phi) is 4.94. The number of carbonyl (C=O) groups excluding carboxylic acids is 3. The average molecular weight is 405 g/mol. The molecule has 0 radical (unpaired) electrons. The highest BCUT2D eigenvalue weighted by atomic mass is 16.5. The van der Waals surface area contributed by atoms with Gasteiger partial charge >= 0.3 is 5.97 Å². The van der Waals surface area contributed by atoms with Crippen molar-refractivity contribution in [2.24, 2.45) is 0 Å². The monoisotopic (exact) mass is 405 g/mol. The van der Waals surface area contributed by atoms with Gasteiger partial charge in [0.25, 0.3) is 0 Å². The van der Waals surface area contributed by atoms with Crippen LogP contribution < -0.4 is 9.64 Å². The number of nitrogens with zero attached hydrogens (tertiary/aromatic N) is 1. The summed E-state index contributed by atoms with van der Waals surface area (Å²) in [6.45, 7) is 3.27. The van der Waals surface area contributed by atoms with Crippen LogP contribution in [0, 0.1) is 0 Å². The minimum absolute atomic E-state index is 0.192. The Balaban J connectivity index is 2.03. The maximum Gasteiger partial charge on any atom is 0.335 e. The fraction of sp³-hybridized carbons (Fsp3) is 0.292. The Hall–Kier alpha value is -3.41. The standard InChI is InChI=1S/C24H23NO5/c1-4-30-22(27)19-12-11-18(16-8-6-5-7-9-16)24(19)20-14-17(29-3)10-13-21(20)25(15(2)26)23(24)28/h5-10,12-14,18H,4,11H2,1-3H3/t18-,24-/m1/s1. The van der Waals surface area contributed by atoms with Crippen molar-refractivity contribution >= 4 is 23.5 Å². The topological polar surface area (TPSA) is 72.9 Å². The van der Waals surface area contributed by atoms with E-state index >= 15 is 0 Å². The molecule has 1 spiro atoms. The Bertz CT molecular complexity index is 1060. The number of benzene rings is 2. The van der Waals surface area contributed by atoms with E-state index < -0.39 is 23.2 Å². The second-order valence-electron chi connectivity index (χ2n) is 7.39. The first kappa shape index (κ1) is 19.9. The number of ether oxygens (including phenoxy) is 2. The van der Waals surface area contributed by atoms with E-state index in [9.17, 15) is 14.4 Å². The van der Waals surface area contributed by atoms with Gasteiger partial charge in [-0.05, 0) is 37.1 Å². The van der Waals surface area contributed by atoms with Gasteiger partial charge in [-0.3, -0.25) is 9.59 Å². The molecule has 6 heteroatoms. The molecule has 0 saturated heterocycles. The van der Waals surface area contributed by atoms with E-state index in [0.29, 0.717) is 23.4 Å². The third-order valence-electron chi connectivity index (χ3n) is 5.93. The van der Waals surface area contributed by atoms with E-state index in [1.165, 1.54) is 11.8 Å². The van der Waals surface area contributed by atoms with E-state index in [0.717, 1.165) is 5.56 Å². The quantitative estimate of drug-likeness (QED) is 0.728. The number of hydrogen-bond donors (Lipinski definition) is 0. The molecule has 0 N–H and O–H groups in total. The molecule has 2 aromatic carbocycles. The van der Waals surface area contributed by atoms with Gasteiger partial charge in [-0.2, -0.15) is 0 Å². The van der Waals surface area contributed by atoms with Gasteiger partial charge in [0, 0.05) is 18.4 Å². The summed E-state index contributed by atoms with van der Waals surface area (Å²) in [7, 11) is 1.54. The normalized spacial score (nSPS) is 22.1. The molecular weight excluding hydrogens is 382 g/mol. The van der Waals surface area contributed by atoms with Crippen LogP contribution in [0.3, 0.4) is 0 Å². The Morgan fingerprint density at radius 3 is 2.53 bits per heavy atom. The van der Waals surface area contributed by atoms with Gasteiger partial charge in [0.05, 0.1) is 25.0 Å². The molecule has 0 bridgehead atoms. The number of anilines is 1. The second-order valence-corrected chi connectivity index (χ2v) is 7.39. The van der Waals surface area contributed by atoms with Crippen LogP contribution in [0.1, 0.15) is 37.3 Å². The molecule has 2 aliphatic rings. The Morgan fingerprint density at radius 2 is 1.90 bits per heavy atom. The first-order chi connectivity index (χ1) is 14.5. The highest BCUT2D eigenvalue weighted by Crippen LogP contribution is 2.59. The van der Waals surface area contributed by atoms with Gasteiger partial charge in [-0.25, -0.2) is 9.69 Å². The van der Waals surface area contributed by atoms with E-state index in [2.05, 4.69) is 0 Å². The molecule has 0 unspecified atom stereocenters. The van der Waals surface area contributed by atoms with Crippen LogP contribution >= 0.6 is 0 Å². The summed E-state index contributed by atoms with van der Waals surface area (Å²) in [5.74, 6) is -1.16. The van der Waals surface area contributed by atoms with Gasteiger partial charge in [-0.1, -0.05) is 36.4 Å². The number of allylic oxidation sites excluding steroid dienone is 1. The fourth-order valence-electron chi connectivity index (χ4n) is 4.75. The van der Waals surface area contributed by atoms with Gasteiger partial charge in [0.1, 0.15) is 11.2 Å². The molecule has 2 aromatic rings. The average Bonchev–Trinajstić information content (AvgIpc) is 3.26. The molecule has 1 aliphatic heterocycles. The van der Waals surface area contributed by atoms with E-state index in [4.69, 9.17) is 9.47 Å². The van der Waals surface area contributed by atoms with Crippen molar-refractivity contribution in [3.05, 3.63) is 71.3 Å². The van der Waals surface area contributed by atoms with E-state index in [-0.39, 0.29) is 18.1 Å². The molecule has 2 amide bonds. The van der Waals surface area contributed by atoms with Crippen molar-refractivity contribution in [3.8, 4) is 5.75 Å². The van der Waals surface area contributed by atoms with Gasteiger partial charge in [-0.15, -0.1) is 0 Å². The van der Waals surface area contributed by atoms with Gasteiger partial charge in [0.15, 0.2) is 0 Å². The maximum atomic E-state index is 13.9. The number of imide groups is 1. The Labute approximate surface area is 175 Å². The van der Waals surface area contributed by atoms with Crippen molar-refractivity contribution in [1.29, 1.82) is 0 Å². The largest absolute Gasteiger partial charge is 0.497 e. The van der Waals surface area contributed by atoms with Crippen molar-refractivity contribution in [2.75, 3.05) is 18.6 Å². The van der Waals surface area contributed by atoms with Crippen LogP contribution in [0.4, 0.5) is 5.69 Å². The van der Waals surface area contributed by atoms with Crippen LogP contribution in [-0.2, 0) is 24.5 Å². The van der Waals surface area contributed by atoms with Crippen LogP contribution in [0.5, 0.6) is 5.75 Å². The molecule has 0 fully saturated rings. The third kappa shape index (κ3) is 2.67. The molecule has 2 atom stereocenters. The minimum atomic E-state index is -1.34. The minimum Gasteiger partial charge on any atom is -0.497 e. The van der Waals surface area contributed by atoms with Crippen LogP contribution in [0.2, 0.25) is 0 Å². The second kappa shape index (κ2) is 7.44. The number of fused-ring (bicyclic) bond motifs is 2. The number of hydrogen-bond acceptors (Lipinski definition) is 5. The number of methoxy groups -OCH3 is 1. The zero-order valence-corrected chi connectivity index (χ0v) is 17.2. The van der Waals surface area contributed by atoms with Crippen molar-refractivity contribution in [1.82, 2.24) is 0 Å². The van der Waals surface area contributed by atoms with E-state index in [1.54, 1.807) is 38.3 Å². The predicted octanol–water partition coefficient (Wildman–Crippen LogP) is 3.50. The molecule has 1 aliphatic carbocycles. The molecule has 4 rings (SSSR count). The van der Waals surface area contributed by atoms with Gasteiger partial charge < -0.3 is 9.47 Å². The summed E-state index contributed by atoms with van der Waals surface area (Å²) in [5, 5.41) is 0. The Morgan fingerprint density at radius 1 is 1.17 bits per heavy atom. The molecule has 0 aromatic heterocycles. The molecule has 154 valence electrons. The number of rotatable bonds is 4. The molecule has 6 nitrogen and oxygen atoms in total. The number of esters is 1. The van der Waals surface area contributed by atoms with E-state index in [1.807, 2.05) is 30.3 Å². The smallest absolute Gasteiger partial charge is 0.335 e. The fourth-order valence-corrected chi connectivity index (χ4v) is 4.75. The van der Waals surface area contributed by atoms with Crippen molar-refractivity contribution in [2.45, 2.75) is 31.6 Å². The predicted molar refractivity (Wildman–Crippen MR) is 111 cm³/mol. The zero-order chi connectivity index (χ0) is 21.5. The summed E-state index contributed by atoms with van der Waals surface area (Å²) >= 11 is 0. The highest BCUT2D eigenvalue weighted by molar-refractivity contribution is 6.26. The lowest BCUT2D eigenvalue weighted by atomic mass is 9.67. The highest BCUT2D eigenvalue weighted by Gasteiger charge is 2.63. The van der Waals surface area contributed by atoms with Crippen LogP contribution in [-0.4, -0.2) is 31.5 Å². The summed E-state index contributed by atoms with van der Waals surface area (Å²) in [5.41, 5.74) is 0.921. The zero-order valence-electron chi connectivity index (χ0n) is 17.2.